The summed E-state index contributed by atoms with van der Waals surface area (Å²) in [5, 5.41) is 11.7. The summed E-state index contributed by atoms with van der Waals surface area (Å²) in [4.78, 5) is 0. The van der Waals surface area contributed by atoms with Crippen molar-refractivity contribution in [2.45, 2.75) is 6.92 Å². The summed E-state index contributed by atoms with van der Waals surface area (Å²) in [6.45, 7) is 1.78. The van der Waals surface area contributed by atoms with Gasteiger partial charge in [-0.3, -0.25) is 0 Å². The Bertz CT molecular complexity index is 540. The Balaban J connectivity index is 0.00000128. The topological polar surface area (TPSA) is 36.2 Å². The molecule has 0 amide bonds. The molecule has 0 unspecified atom stereocenters. The Morgan fingerprint density at radius 3 is 2.35 bits per heavy atom. The van der Waals surface area contributed by atoms with Crippen LogP contribution in [0.25, 0.3) is 11.3 Å². The minimum absolute atomic E-state index is 0. The van der Waals surface area contributed by atoms with Crippen LogP contribution in [-0.4, -0.2) is 0 Å². The zero-order chi connectivity index (χ0) is 10.8. The molecule has 1 aromatic carbocycles. The van der Waals surface area contributed by atoms with Crippen molar-refractivity contribution in [1.29, 1.82) is 0 Å². The van der Waals surface area contributed by atoms with Gasteiger partial charge in [0.1, 0.15) is 11.5 Å². The van der Waals surface area contributed by atoms with Crippen LogP contribution in [0.4, 0.5) is 0 Å². The van der Waals surface area contributed by atoms with Crippen molar-refractivity contribution in [3.05, 3.63) is 46.7 Å². The van der Waals surface area contributed by atoms with Gasteiger partial charge in [-0.15, -0.1) is 0 Å². The first kappa shape index (κ1) is 16.3. The molecular formula is C12H9ClO2RuS. The van der Waals surface area contributed by atoms with Crippen molar-refractivity contribution in [1.82, 2.24) is 0 Å². The van der Waals surface area contributed by atoms with Gasteiger partial charge in [0.2, 0.25) is 0 Å². The fourth-order valence-electron chi connectivity index (χ4n) is 1.38. The van der Waals surface area contributed by atoms with Crippen molar-refractivity contribution in [3.63, 3.8) is 0 Å². The average Bonchev–Trinajstić information content (AvgIpc) is 2.24. The molecule has 90 valence electrons. The van der Waals surface area contributed by atoms with Gasteiger partial charge in [0.25, 0.3) is 0 Å². The maximum absolute atomic E-state index is 11.7. The van der Waals surface area contributed by atoms with Gasteiger partial charge >= 0.3 is 19.5 Å². The number of hydrogen-bond acceptors (Lipinski definition) is 3. The van der Waals surface area contributed by atoms with Crippen LogP contribution >= 0.6 is 12.2 Å². The first-order valence-corrected chi connectivity index (χ1v) is 4.96. The summed E-state index contributed by atoms with van der Waals surface area (Å²) < 4.78 is 5.70. The zero-order valence-electron chi connectivity index (χ0n) is 8.92. The molecule has 1 aromatic heterocycles. The van der Waals surface area contributed by atoms with Crippen molar-refractivity contribution in [3.8, 4) is 17.1 Å². The van der Waals surface area contributed by atoms with E-state index in [4.69, 9.17) is 16.6 Å². The Labute approximate surface area is 124 Å². The molecule has 17 heavy (non-hydrogen) atoms. The Morgan fingerprint density at radius 2 is 1.76 bits per heavy atom. The minimum atomic E-state index is -0.221. The van der Waals surface area contributed by atoms with Crippen molar-refractivity contribution in [2.75, 3.05) is 0 Å². The zero-order valence-corrected chi connectivity index (χ0v) is 12.2. The van der Waals surface area contributed by atoms with Gasteiger partial charge in [-0.1, -0.05) is 42.5 Å². The van der Waals surface area contributed by atoms with E-state index in [-0.39, 0.29) is 37.6 Å². The van der Waals surface area contributed by atoms with Crippen molar-refractivity contribution >= 4 is 12.2 Å². The minimum Gasteiger partial charge on any atom is -1.00 e. The summed E-state index contributed by atoms with van der Waals surface area (Å²) in [5.41, 5.74) is 0.761. The average molecular weight is 354 g/mol. The predicted molar refractivity (Wildman–Crippen MR) is 59.2 cm³/mol. The molecule has 5 heteroatoms. The van der Waals surface area contributed by atoms with E-state index < -0.39 is 0 Å². The molecule has 2 nitrogen and oxygen atoms in total. The van der Waals surface area contributed by atoms with Gasteiger partial charge in [-0.25, -0.2) is 0 Å². The Hall–Kier alpha value is -0.697. The SMILES string of the molecule is Cc1cc(=S)c([O-])c(-c2ccccc2)o1.[Cl-].[Ru+2]. The summed E-state index contributed by atoms with van der Waals surface area (Å²) in [6, 6.07) is 10.8. The molecule has 1 heterocycles. The monoisotopic (exact) mass is 354 g/mol. The molecule has 0 bridgehead atoms. The van der Waals surface area contributed by atoms with E-state index in [1.807, 2.05) is 30.3 Å². The molecule has 0 aliphatic carbocycles. The second-order valence-electron chi connectivity index (χ2n) is 3.25. The van der Waals surface area contributed by atoms with Crippen LogP contribution in [0, 0.1) is 11.4 Å². The third-order valence-corrected chi connectivity index (χ3v) is 2.37. The van der Waals surface area contributed by atoms with Gasteiger partial charge in [-0.2, -0.15) is 0 Å². The second-order valence-corrected chi connectivity index (χ2v) is 3.69. The Kier molecular flexibility index (Phi) is 6.62. The Morgan fingerprint density at radius 1 is 1.18 bits per heavy atom. The number of benzene rings is 1. The fourth-order valence-corrected chi connectivity index (χ4v) is 1.64. The van der Waals surface area contributed by atoms with Crippen LogP contribution in [0.5, 0.6) is 5.75 Å². The molecule has 2 aromatic rings. The van der Waals surface area contributed by atoms with Crippen LogP contribution in [0.3, 0.4) is 0 Å². The van der Waals surface area contributed by atoms with Crippen LogP contribution in [0.1, 0.15) is 5.76 Å². The van der Waals surface area contributed by atoms with E-state index >= 15 is 0 Å². The van der Waals surface area contributed by atoms with Gasteiger partial charge in [0.15, 0.2) is 0 Å². The summed E-state index contributed by atoms with van der Waals surface area (Å²) in [6.07, 6.45) is 0. The molecule has 0 saturated heterocycles. The largest absolute Gasteiger partial charge is 2.00 e. The van der Waals surface area contributed by atoms with E-state index in [9.17, 15) is 5.11 Å². The van der Waals surface area contributed by atoms with E-state index in [1.165, 1.54) is 0 Å². The van der Waals surface area contributed by atoms with Crippen molar-refractivity contribution < 1.29 is 41.4 Å². The maximum Gasteiger partial charge on any atom is 2.00 e. The van der Waals surface area contributed by atoms with Crippen LogP contribution < -0.4 is 17.5 Å². The summed E-state index contributed by atoms with van der Waals surface area (Å²) in [5.74, 6) is 0.751. The fraction of sp³-hybridized carbons (Fsp3) is 0.0833. The molecular weight excluding hydrogens is 345 g/mol. The molecule has 0 spiro atoms. The van der Waals surface area contributed by atoms with Crippen molar-refractivity contribution in [2.24, 2.45) is 0 Å². The number of rotatable bonds is 1. The molecule has 2 rings (SSSR count). The first-order chi connectivity index (χ1) is 7.18. The molecule has 0 fully saturated rings. The number of hydrogen-bond donors (Lipinski definition) is 0. The molecule has 0 N–H and O–H groups in total. The predicted octanol–water partition coefficient (Wildman–Crippen LogP) is 0.0596. The molecule has 0 radical (unpaired) electrons. The third-order valence-electron chi connectivity index (χ3n) is 2.06. The summed E-state index contributed by atoms with van der Waals surface area (Å²) >= 11 is 4.96. The molecule has 0 saturated carbocycles. The van der Waals surface area contributed by atoms with E-state index in [2.05, 4.69) is 0 Å². The smallest absolute Gasteiger partial charge is 1.00 e. The standard InChI is InChI=1S/C12H10O2S.ClH.Ru/c1-8-7-10(15)11(13)12(14-8)9-5-3-2-4-6-9;;/h2-7,13H,1H3;1H;/q;;+2/p-2. The first-order valence-electron chi connectivity index (χ1n) is 4.55. The van der Waals surface area contributed by atoms with Gasteiger partial charge < -0.3 is 21.9 Å². The van der Waals surface area contributed by atoms with Gasteiger partial charge in [0.05, 0.1) is 0 Å². The third kappa shape index (κ3) is 3.63. The molecule has 0 aliphatic heterocycles. The number of aryl methyl sites for hydroxylation is 1. The number of halogens is 1. The molecule has 0 aliphatic rings. The maximum atomic E-state index is 11.7. The van der Waals surface area contributed by atoms with E-state index in [0.717, 1.165) is 5.56 Å². The van der Waals surface area contributed by atoms with E-state index in [0.29, 0.717) is 16.0 Å². The second kappa shape index (κ2) is 6.90. The normalized spacial score (nSPS) is 9.00. The van der Waals surface area contributed by atoms with Crippen LogP contribution in [-0.2, 0) is 19.5 Å². The summed E-state index contributed by atoms with van der Waals surface area (Å²) in [7, 11) is 0. The van der Waals surface area contributed by atoms with Crippen LogP contribution in [0.2, 0.25) is 0 Å². The van der Waals surface area contributed by atoms with E-state index in [1.54, 1.807) is 13.0 Å². The van der Waals surface area contributed by atoms with Crippen LogP contribution in [0.15, 0.2) is 40.8 Å². The van der Waals surface area contributed by atoms with Gasteiger partial charge in [-0.05, 0) is 18.7 Å². The van der Waals surface area contributed by atoms with Gasteiger partial charge in [0, 0.05) is 10.1 Å². The molecule has 0 atom stereocenters. The quantitative estimate of drug-likeness (QED) is 0.537.